The Balaban J connectivity index is 1.91. The normalized spacial score (nSPS) is 10.8. The third-order valence-electron chi connectivity index (χ3n) is 3.04. The minimum Gasteiger partial charge on any atom is -0.340 e. The highest BCUT2D eigenvalue weighted by Crippen LogP contribution is 2.33. The third kappa shape index (κ3) is 5.40. The van der Waals surface area contributed by atoms with Crippen molar-refractivity contribution >= 4 is 46.8 Å². The molecule has 14 heteroatoms. The van der Waals surface area contributed by atoms with Crippen molar-refractivity contribution in [3.05, 3.63) is 47.4 Å². The number of anilines is 4. The van der Waals surface area contributed by atoms with Crippen LogP contribution in [0.25, 0.3) is 0 Å². The van der Waals surface area contributed by atoms with Gasteiger partial charge in [0.05, 0.1) is 22.6 Å². The van der Waals surface area contributed by atoms with E-state index in [0.29, 0.717) is 34.1 Å². The number of hydrogen-bond donors (Lipinski definition) is 3. The van der Waals surface area contributed by atoms with Gasteiger partial charge >= 0.3 is 6.08 Å². The Bertz CT molecular complexity index is 961. The van der Waals surface area contributed by atoms with Gasteiger partial charge in [-0.15, -0.1) is 4.33 Å². The lowest BCUT2D eigenvalue weighted by atomic mass is 10.2. The molecule has 1 aromatic carbocycles. The maximum Gasteiger partial charge on any atom is 0.313 e. The average molecular weight is 430 g/mol. The molecule has 146 valence electrons. The summed E-state index contributed by atoms with van der Waals surface area (Å²) >= 11 is 6.51. The molecule has 2 aromatic heterocycles. The lowest BCUT2D eigenvalue weighted by Crippen LogP contribution is -2.03. The van der Waals surface area contributed by atoms with Crippen LogP contribution in [0.5, 0.6) is 0 Å². The topological polar surface area (TPSA) is 127 Å². The van der Waals surface area contributed by atoms with Crippen LogP contribution in [-0.4, -0.2) is 30.2 Å². The highest BCUT2D eigenvalue weighted by atomic mass is 35.5. The summed E-state index contributed by atoms with van der Waals surface area (Å²) in [5.74, 6) is -0.594. The zero-order valence-corrected chi connectivity index (χ0v) is 15.4. The van der Waals surface area contributed by atoms with Gasteiger partial charge in [-0.25, -0.2) is 10.2 Å². The van der Waals surface area contributed by atoms with Gasteiger partial charge < -0.3 is 10.6 Å². The molecular weight excluding hydrogens is 420 g/mol. The Hall–Kier alpha value is -2.71. The quantitative estimate of drug-likeness (QED) is 0.167. The number of benzene rings is 1. The van der Waals surface area contributed by atoms with Gasteiger partial charge in [-0.05, 0) is 36.7 Å². The number of nitrogens with zero attached hydrogens (tertiary/aromatic N) is 5. The first-order chi connectivity index (χ1) is 13.4. The summed E-state index contributed by atoms with van der Waals surface area (Å²) in [5, 5.41) is 17.6. The minimum absolute atomic E-state index is 0.0136. The van der Waals surface area contributed by atoms with E-state index in [-0.39, 0.29) is 17.0 Å². The summed E-state index contributed by atoms with van der Waals surface area (Å²) in [4.78, 5) is 18.7. The maximum absolute atomic E-state index is 13.2. The van der Waals surface area contributed by atoms with Gasteiger partial charge in [0, 0.05) is 11.8 Å². The van der Waals surface area contributed by atoms with E-state index >= 15 is 0 Å². The molecule has 0 aliphatic carbocycles. The van der Waals surface area contributed by atoms with E-state index in [1.54, 1.807) is 25.1 Å². The van der Waals surface area contributed by atoms with Gasteiger partial charge in [0.1, 0.15) is 11.6 Å². The average Bonchev–Trinajstić information content (AvgIpc) is 2.59. The molecule has 0 bridgehead atoms. The number of hydrogen-bond acceptors (Lipinski definition) is 11. The molecule has 3 N–H and O–H groups in total. The fourth-order valence-corrected chi connectivity index (χ4v) is 2.69. The van der Waals surface area contributed by atoms with E-state index in [4.69, 9.17) is 16.9 Å². The second-order valence-corrected chi connectivity index (χ2v) is 6.09. The van der Waals surface area contributed by atoms with E-state index in [0.717, 1.165) is 6.07 Å². The van der Waals surface area contributed by atoms with Crippen molar-refractivity contribution in [3.63, 3.8) is 0 Å². The van der Waals surface area contributed by atoms with Crippen molar-refractivity contribution in [1.29, 1.82) is 0 Å². The first kappa shape index (κ1) is 20.0. The number of nitrogens with one attached hydrogen (secondary N) is 2. The van der Waals surface area contributed by atoms with Crippen molar-refractivity contribution in [2.24, 2.45) is 0 Å². The van der Waals surface area contributed by atoms with Crippen LogP contribution in [0.2, 0.25) is 5.28 Å². The molecule has 10 nitrogen and oxygen atoms in total. The smallest absolute Gasteiger partial charge is 0.313 e. The van der Waals surface area contributed by atoms with Crippen LogP contribution < -0.4 is 10.6 Å². The zero-order chi connectivity index (χ0) is 20.1. The number of aromatic nitrogens is 5. The van der Waals surface area contributed by atoms with Crippen LogP contribution in [0, 0.1) is 18.9 Å². The van der Waals surface area contributed by atoms with Crippen LogP contribution in [0.3, 0.4) is 0 Å². The molecule has 2 heterocycles. The van der Waals surface area contributed by atoms with Crippen molar-refractivity contribution in [2.75, 3.05) is 10.6 Å². The van der Waals surface area contributed by atoms with Gasteiger partial charge in [-0.2, -0.15) is 28.7 Å². The molecule has 0 amide bonds. The molecule has 0 aliphatic heterocycles. The first-order valence-electron chi connectivity index (χ1n) is 7.34. The summed E-state index contributed by atoms with van der Waals surface area (Å²) in [6.45, 7) is 1.63. The van der Waals surface area contributed by atoms with Gasteiger partial charge in [-0.1, -0.05) is 5.04 Å². The summed E-state index contributed by atoms with van der Waals surface area (Å²) in [6, 6.07) is 5.61. The highest BCUT2D eigenvalue weighted by molar-refractivity contribution is 7.94. The van der Waals surface area contributed by atoms with E-state index in [1.165, 1.54) is 0 Å². The Morgan fingerprint density at radius 3 is 2.61 bits per heavy atom. The molecule has 0 aliphatic rings. The summed E-state index contributed by atoms with van der Waals surface area (Å²) < 4.78 is 30.9. The molecular formula is C14H10ClF2N7O3S. The van der Waals surface area contributed by atoms with E-state index < -0.39 is 12.0 Å². The van der Waals surface area contributed by atoms with E-state index in [1.807, 2.05) is 0 Å². The third-order valence-corrected chi connectivity index (χ3v) is 3.87. The molecule has 3 aromatic rings. The predicted octanol–water partition coefficient (Wildman–Crippen LogP) is 3.82. The molecule has 0 spiro atoms. The Kier molecular flexibility index (Phi) is 6.43. The standard InChI is InChI=1S/C14H10ClF2N7O3S/c1-6-18-12(15)24-14(19-6)21-8-4-7(2-3-9(8)28-27-26-25)20-11-5-10(16)22-13(17)23-11/h2-5,25H,1H3,(H,20,22,23)(H,18,19,21,24). The SMILES string of the molecule is Cc1nc(Cl)nc(Nc2cc(Nc3cc(F)nc(F)n3)ccc2SOOO)n1. The highest BCUT2D eigenvalue weighted by Gasteiger charge is 2.11. The van der Waals surface area contributed by atoms with Gasteiger partial charge in [0.25, 0.3) is 0 Å². The molecule has 0 saturated heterocycles. The van der Waals surface area contributed by atoms with Crippen molar-refractivity contribution in [2.45, 2.75) is 11.8 Å². The first-order valence-corrected chi connectivity index (χ1v) is 8.46. The molecule has 3 rings (SSSR count). The summed E-state index contributed by atoms with van der Waals surface area (Å²) in [7, 11) is 0. The Morgan fingerprint density at radius 1 is 1.07 bits per heavy atom. The Labute approximate surface area is 165 Å². The monoisotopic (exact) mass is 429 g/mol. The summed E-state index contributed by atoms with van der Waals surface area (Å²) in [5.41, 5.74) is 0.801. The molecule has 0 unspecified atom stereocenters. The largest absolute Gasteiger partial charge is 0.340 e. The second-order valence-electron chi connectivity index (χ2n) is 5.01. The lowest BCUT2D eigenvalue weighted by molar-refractivity contribution is -0.432. The fraction of sp³-hybridized carbons (Fsp3) is 0.0714. The predicted molar refractivity (Wildman–Crippen MR) is 95.2 cm³/mol. The van der Waals surface area contributed by atoms with Crippen molar-refractivity contribution in [1.82, 2.24) is 24.9 Å². The van der Waals surface area contributed by atoms with Gasteiger partial charge in [0.15, 0.2) is 0 Å². The molecule has 28 heavy (non-hydrogen) atoms. The number of aryl methyl sites for hydroxylation is 1. The van der Waals surface area contributed by atoms with Crippen LogP contribution in [0.4, 0.5) is 31.9 Å². The van der Waals surface area contributed by atoms with Crippen molar-refractivity contribution in [3.8, 4) is 0 Å². The van der Waals surface area contributed by atoms with Gasteiger partial charge in [0.2, 0.25) is 17.2 Å². The molecule has 0 saturated carbocycles. The fourth-order valence-electron chi connectivity index (χ4n) is 2.06. The van der Waals surface area contributed by atoms with Gasteiger partial charge in [-0.3, -0.25) is 0 Å². The van der Waals surface area contributed by atoms with E-state index in [9.17, 15) is 8.78 Å². The lowest BCUT2D eigenvalue weighted by Gasteiger charge is -2.13. The molecule has 0 fully saturated rings. The molecule has 0 atom stereocenters. The number of halogens is 3. The molecule has 0 radical (unpaired) electrons. The van der Waals surface area contributed by atoms with Crippen LogP contribution in [-0.2, 0) is 9.37 Å². The summed E-state index contributed by atoms with van der Waals surface area (Å²) in [6.07, 6.45) is -1.21. The number of rotatable bonds is 7. The van der Waals surface area contributed by atoms with Crippen LogP contribution in [0.1, 0.15) is 5.82 Å². The Morgan fingerprint density at radius 2 is 1.89 bits per heavy atom. The minimum atomic E-state index is -1.21. The zero-order valence-electron chi connectivity index (χ0n) is 13.9. The maximum atomic E-state index is 13.2. The van der Waals surface area contributed by atoms with Crippen molar-refractivity contribution < 1.29 is 23.4 Å². The second kappa shape index (κ2) is 8.99. The van der Waals surface area contributed by atoms with Crippen LogP contribution in [0.15, 0.2) is 29.2 Å². The van der Waals surface area contributed by atoms with Crippen LogP contribution >= 0.6 is 23.6 Å². The van der Waals surface area contributed by atoms with E-state index in [2.05, 4.69) is 44.9 Å².